The molecule has 0 saturated carbocycles. The van der Waals surface area contributed by atoms with E-state index < -0.39 is 0 Å². The van der Waals surface area contributed by atoms with Crippen LogP contribution in [0.25, 0.3) is 0 Å². The minimum absolute atomic E-state index is 0. The number of esters is 1. The molecule has 0 saturated heterocycles. The first kappa shape index (κ1) is 14.9. The number of carbonyl (C=O) groups excluding carboxylic acids is 1. The standard InChI is InChI=1S/C8H17NO2.Na.H/c1-3-4-5-6-11-8(10)7-9-2;;/h9H,3-7H2,1-2H3;;/q;+1;-1. The van der Waals surface area contributed by atoms with Crippen LogP contribution in [0.2, 0.25) is 0 Å². The monoisotopic (exact) mass is 183 g/mol. The number of hydrogen-bond donors (Lipinski definition) is 1. The van der Waals surface area contributed by atoms with Gasteiger partial charge in [-0.15, -0.1) is 0 Å². The molecule has 4 heteroatoms. The van der Waals surface area contributed by atoms with Gasteiger partial charge in [0.2, 0.25) is 0 Å². The summed E-state index contributed by atoms with van der Waals surface area (Å²) in [6, 6.07) is 0. The van der Waals surface area contributed by atoms with Crippen LogP contribution in [0.15, 0.2) is 0 Å². The van der Waals surface area contributed by atoms with Crippen LogP contribution < -0.4 is 34.9 Å². The zero-order chi connectivity index (χ0) is 8.53. The summed E-state index contributed by atoms with van der Waals surface area (Å²) < 4.78 is 4.88. The number of carbonyl (C=O) groups is 1. The Morgan fingerprint density at radius 3 is 2.67 bits per heavy atom. The van der Waals surface area contributed by atoms with Gasteiger partial charge in [-0.2, -0.15) is 0 Å². The Morgan fingerprint density at radius 2 is 2.17 bits per heavy atom. The molecule has 12 heavy (non-hydrogen) atoms. The minimum Gasteiger partial charge on any atom is -1.00 e. The molecule has 0 radical (unpaired) electrons. The molecule has 0 rings (SSSR count). The van der Waals surface area contributed by atoms with Gasteiger partial charge in [0.1, 0.15) is 0 Å². The molecule has 0 aliphatic carbocycles. The average molecular weight is 183 g/mol. The average Bonchev–Trinajstić information content (AvgIpc) is 1.99. The van der Waals surface area contributed by atoms with Gasteiger partial charge < -0.3 is 11.5 Å². The third kappa shape index (κ3) is 10.4. The van der Waals surface area contributed by atoms with Gasteiger partial charge in [-0.3, -0.25) is 4.79 Å². The van der Waals surface area contributed by atoms with Crippen LogP contribution in [0.5, 0.6) is 0 Å². The largest absolute Gasteiger partial charge is 1.00 e. The van der Waals surface area contributed by atoms with E-state index in [1.54, 1.807) is 7.05 Å². The summed E-state index contributed by atoms with van der Waals surface area (Å²) in [5.41, 5.74) is 0. The Balaban J connectivity index is -0.000000500. The summed E-state index contributed by atoms with van der Waals surface area (Å²) in [7, 11) is 1.73. The smallest absolute Gasteiger partial charge is 1.00 e. The first-order valence-corrected chi connectivity index (χ1v) is 4.11. The molecule has 0 atom stereocenters. The van der Waals surface area contributed by atoms with Crippen molar-refractivity contribution in [3.05, 3.63) is 0 Å². The van der Waals surface area contributed by atoms with Gasteiger partial charge >= 0.3 is 35.5 Å². The Labute approximate surface area is 98.0 Å². The van der Waals surface area contributed by atoms with Crippen LogP contribution in [0.4, 0.5) is 0 Å². The normalized spacial score (nSPS) is 8.83. The van der Waals surface area contributed by atoms with Crippen molar-refractivity contribution in [2.24, 2.45) is 0 Å². The van der Waals surface area contributed by atoms with Gasteiger partial charge in [0.05, 0.1) is 13.2 Å². The quantitative estimate of drug-likeness (QED) is 0.296. The zero-order valence-electron chi connectivity index (χ0n) is 9.35. The summed E-state index contributed by atoms with van der Waals surface area (Å²) in [5, 5.41) is 2.73. The van der Waals surface area contributed by atoms with Crippen molar-refractivity contribution in [2.45, 2.75) is 26.2 Å². The van der Waals surface area contributed by atoms with E-state index in [0.29, 0.717) is 13.2 Å². The molecule has 68 valence electrons. The summed E-state index contributed by atoms with van der Waals surface area (Å²) in [4.78, 5) is 10.7. The van der Waals surface area contributed by atoms with E-state index in [4.69, 9.17) is 4.74 Å². The third-order valence-corrected chi connectivity index (χ3v) is 1.33. The van der Waals surface area contributed by atoms with Crippen LogP contribution >= 0.6 is 0 Å². The molecule has 3 nitrogen and oxygen atoms in total. The second kappa shape index (κ2) is 11.4. The molecule has 0 bridgehead atoms. The number of ether oxygens (including phenoxy) is 1. The molecule has 1 N–H and O–H groups in total. The number of hydrogen-bond acceptors (Lipinski definition) is 3. The van der Waals surface area contributed by atoms with Crippen LogP contribution in [0.1, 0.15) is 27.6 Å². The summed E-state index contributed by atoms with van der Waals surface area (Å²) in [6.07, 6.45) is 3.27. The van der Waals surface area contributed by atoms with E-state index in [2.05, 4.69) is 12.2 Å². The molecule has 0 aromatic rings. The van der Waals surface area contributed by atoms with Crippen LogP contribution in [0, 0.1) is 0 Å². The number of likely N-dealkylation sites (N-methyl/N-ethyl adjacent to an activating group) is 1. The van der Waals surface area contributed by atoms with Gasteiger partial charge in [0.15, 0.2) is 0 Å². The third-order valence-electron chi connectivity index (χ3n) is 1.33. The molecule has 0 aromatic carbocycles. The van der Waals surface area contributed by atoms with Gasteiger partial charge in [-0.05, 0) is 13.5 Å². The number of nitrogens with one attached hydrogen (secondary N) is 1. The van der Waals surface area contributed by atoms with Crippen molar-refractivity contribution in [1.29, 1.82) is 0 Å². The number of rotatable bonds is 6. The Morgan fingerprint density at radius 1 is 1.50 bits per heavy atom. The fourth-order valence-electron chi connectivity index (χ4n) is 0.733. The maximum absolute atomic E-state index is 10.7. The molecular formula is C8H18NNaO2. The van der Waals surface area contributed by atoms with Crippen LogP contribution in [-0.4, -0.2) is 26.2 Å². The van der Waals surface area contributed by atoms with E-state index in [-0.39, 0.29) is 37.0 Å². The van der Waals surface area contributed by atoms with E-state index in [9.17, 15) is 4.79 Å². The molecule has 0 amide bonds. The van der Waals surface area contributed by atoms with E-state index >= 15 is 0 Å². The van der Waals surface area contributed by atoms with Crippen molar-refractivity contribution in [1.82, 2.24) is 5.32 Å². The Kier molecular flexibility index (Phi) is 14.2. The Hall–Kier alpha value is 0.430. The maximum Gasteiger partial charge on any atom is 1.00 e. The van der Waals surface area contributed by atoms with Crippen molar-refractivity contribution >= 4 is 5.97 Å². The van der Waals surface area contributed by atoms with Crippen molar-refractivity contribution in [2.75, 3.05) is 20.2 Å². The second-order valence-electron chi connectivity index (χ2n) is 2.46. The summed E-state index contributed by atoms with van der Waals surface area (Å²) in [5.74, 6) is -0.163. The second-order valence-corrected chi connectivity index (χ2v) is 2.46. The van der Waals surface area contributed by atoms with Gasteiger partial charge in [0, 0.05) is 0 Å². The molecule has 0 unspecified atom stereocenters. The summed E-state index contributed by atoms with van der Waals surface area (Å²) in [6.45, 7) is 3.00. The van der Waals surface area contributed by atoms with Crippen LogP contribution in [0.3, 0.4) is 0 Å². The predicted octanol–water partition coefficient (Wildman–Crippen LogP) is -1.94. The van der Waals surface area contributed by atoms with Crippen LogP contribution in [-0.2, 0) is 9.53 Å². The number of unbranched alkanes of at least 4 members (excludes halogenated alkanes) is 2. The molecule has 0 aliphatic rings. The van der Waals surface area contributed by atoms with E-state index in [1.807, 2.05) is 0 Å². The summed E-state index contributed by atoms with van der Waals surface area (Å²) >= 11 is 0. The SMILES string of the molecule is CCCCCOC(=O)CNC.[H-].[Na+]. The molecule has 0 heterocycles. The first-order chi connectivity index (χ1) is 5.31. The topological polar surface area (TPSA) is 38.3 Å². The van der Waals surface area contributed by atoms with Crippen molar-refractivity contribution in [3.8, 4) is 0 Å². The van der Waals surface area contributed by atoms with E-state index in [0.717, 1.165) is 19.3 Å². The van der Waals surface area contributed by atoms with Crippen molar-refractivity contribution < 1.29 is 40.5 Å². The zero-order valence-corrected chi connectivity index (χ0v) is 10.4. The molecule has 0 spiro atoms. The molecule has 0 aromatic heterocycles. The molecular weight excluding hydrogens is 165 g/mol. The first-order valence-electron chi connectivity index (χ1n) is 4.11. The Bertz CT molecular complexity index is 114. The van der Waals surface area contributed by atoms with Crippen molar-refractivity contribution in [3.63, 3.8) is 0 Å². The fourth-order valence-corrected chi connectivity index (χ4v) is 0.733. The van der Waals surface area contributed by atoms with Gasteiger partial charge in [0.25, 0.3) is 0 Å². The van der Waals surface area contributed by atoms with Gasteiger partial charge in [-0.25, -0.2) is 0 Å². The predicted molar refractivity (Wildman–Crippen MR) is 45.5 cm³/mol. The van der Waals surface area contributed by atoms with Gasteiger partial charge in [-0.1, -0.05) is 19.8 Å². The maximum atomic E-state index is 10.7. The minimum atomic E-state index is -0.163. The van der Waals surface area contributed by atoms with E-state index in [1.165, 1.54) is 0 Å². The molecule has 0 fully saturated rings. The fraction of sp³-hybridized carbons (Fsp3) is 0.875. The molecule has 0 aliphatic heterocycles.